The van der Waals surface area contributed by atoms with Crippen molar-refractivity contribution in [2.45, 2.75) is 70.1 Å². The van der Waals surface area contributed by atoms with E-state index in [2.05, 4.69) is 0 Å². The van der Waals surface area contributed by atoms with Gasteiger partial charge in [0.25, 0.3) is 0 Å². The topological polar surface area (TPSA) is 107 Å². The standard InChI is InChI=1S/C28H36ClN3O6S/c1-39(37)30-12-8-17(15-30)38-22-7-6-21(29)20-9-13-31(26(34)18-4-2-3-5-19(18)27(35)36)25(24(20)22)32-16-28(10-11-28)14-23(32)33/h6-7,17-19,25H,2-5,8-16H2,1H3,(H,35,36)/t17?,18?,19?,25-,39?/m1/s1. The molecule has 6 rings (SSSR count). The van der Waals surface area contributed by atoms with E-state index in [1.807, 2.05) is 21.3 Å². The van der Waals surface area contributed by atoms with E-state index in [0.29, 0.717) is 62.6 Å². The van der Waals surface area contributed by atoms with Gasteiger partial charge in [-0.3, -0.25) is 14.4 Å². The van der Waals surface area contributed by atoms with Gasteiger partial charge in [0.05, 0.1) is 22.8 Å². The SMILES string of the molecule is CS(=O)N1CCC(Oc2ccc(Cl)c3c2[C@@H](N2CC4(CC4)CC2=O)N(C(=O)C2CCCCC2C(=O)O)CC3)C1. The molecule has 9 nitrogen and oxygen atoms in total. The summed E-state index contributed by atoms with van der Waals surface area (Å²) in [5.41, 5.74) is 1.60. The highest BCUT2D eigenvalue weighted by Crippen LogP contribution is 2.56. The molecular weight excluding hydrogens is 542 g/mol. The number of carbonyl (C=O) groups is 3. The monoisotopic (exact) mass is 577 g/mol. The van der Waals surface area contributed by atoms with Crippen LogP contribution in [0, 0.1) is 17.3 Å². The molecule has 5 atom stereocenters. The van der Waals surface area contributed by atoms with Crippen LogP contribution >= 0.6 is 11.6 Å². The molecule has 2 aliphatic carbocycles. The van der Waals surface area contributed by atoms with Crippen molar-refractivity contribution < 1.29 is 28.4 Å². The Morgan fingerprint density at radius 2 is 1.87 bits per heavy atom. The summed E-state index contributed by atoms with van der Waals surface area (Å²) in [5, 5.41) is 10.5. The molecule has 1 N–H and O–H groups in total. The summed E-state index contributed by atoms with van der Waals surface area (Å²) < 4.78 is 20.4. The lowest BCUT2D eigenvalue weighted by Gasteiger charge is -2.45. The number of fused-ring (bicyclic) bond motifs is 1. The van der Waals surface area contributed by atoms with Crippen molar-refractivity contribution in [1.29, 1.82) is 0 Å². The fourth-order valence-electron chi connectivity index (χ4n) is 7.13. The van der Waals surface area contributed by atoms with E-state index in [0.717, 1.165) is 43.2 Å². The lowest BCUT2D eigenvalue weighted by Crippen LogP contribution is -2.52. The van der Waals surface area contributed by atoms with Crippen LogP contribution in [0.4, 0.5) is 0 Å². The summed E-state index contributed by atoms with van der Waals surface area (Å²) in [6, 6.07) is 3.63. The highest BCUT2D eigenvalue weighted by Gasteiger charge is 2.56. The quantitative estimate of drug-likeness (QED) is 0.555. The Morgan fingerprint density at radius 1 is 1.13 bits per heavy atom. The molecule has 3 heterocycles. The molecule has 2 amide bonds. The number of ether oxygens (including phenoxy) is 1. The zero-order valence-electron chi connectivity index (χ0n) is 22.3. The van der Waals surface area contributed by atoms with E-state index < -0.39 is 35.0 Å². The Hall–Kier alpha value is -2.17. The predicted molar refractivity (Wildman–Crippen MR) is 145 cm³/mol. The first-order valence-electron chi connectivity index (χ1n) is 14.1. The number of aliphatic carboxylic acids is 1. The Labute approximate surface area is 236 Å². The highest BCUT2D eigenvalue weighted by molar-refractivity contribution is 7.81. The van der Waals surface area contributed by atoms with E-state index in [-0.39, 0.29) is 23.3 Å². The van der Waals surface area contributed by atoms with Crippen LogP contribution in [0.2, 0.25) is 5.02 Å². The number of carboxylic acids is 1. The second-order valence-corrected chi connectivity index (χ2v) is 13.7. The van der Waals surface area contributed by atoms with Crippen LogP contribution < -0.4 is 4.74 Å². The first kappa shape index (κ1) is 27.0. The second kappa shape index (κ2) is 10.3. The summed E-state index contributed by atoms with van der Waals surface area (Å²) in [5.74, 6) is -1.84. The molecule has 212 valence electrons. The van der Waals surface area contributed by atoms with Gasteiger partial charge >= 0.3 is 5.97 Å². The third-order valence-electron chi connectivity index (χ3n) is 9.47. The molecule has 0 bridgehead atoms. The first-order valence-corrected chi connectivity index (χ1v) is 16.0. The Kier molecular flexibility index (Phi) is 7.17. The number of hydrogen-bond acceptors (Lipinski definition) is 5. The summed E-state index contributed by atoms with van der Waals surface area (Å²) in [6.07, 6.45) is 7.13. The summed E-state index contributed by atoms with van der Waals surface area (Å²) in [7, 11) is -1.08. The molecule has 4 fully saturated rings. The molecule has 0 radical (unpaired) electrons. The summed E-state index contributed by atoms with van der Waals surface area (Å²) >= 11 is 6.72. The fourth-order valence-corrected chi connectivity index (χ4v) is 8.12. The van der Waals surface area contributed by atoms with Crippen LogP contribution in [0.1, 0.15) is 68.7 Å². The number of amides is 2. The molecule has 1 aromatic rings. The third kappa shape index (κ3) is 4.97. The molecule has 3 aliphatic heterocycles. The third-order valence-corrected chi connectivity index (χ3v) is 10.9. The van der Waals surface area contributed by atoms with Gasteiger partial charge in [-0.2, -0.15) is 0 Å². The van der Waals surface area contributed by atoms with Gasteiger partial charge < -0.3 is 19.6 Å². The number of hydrogen-bond donors (Lipinski definition) is 1. The lowest BCUT2D eigenvalue weighted by molar-refractivity contribution is -0.157. The van der Waals surface area contributed by atoms with Gasteiger partial charge in [0.1, 0.15) is 18.0 Å². The summed E-state index contributed by atoms with van der Waals surface area (Å²) in [6.45, 7) is 2.14. The van der Waals surface area contributed by atoms with Crippen LogP contribution in [-0.4, -0.2) is 79.7 Å². The van der Waals surface area contributed by atoms with Crippen LogP contribution in [-0.2, 0) is 31.8 Å². The molecule has 11 heteroatoms. The van der Waals surface area contributed by atoms with Crippen molar-refractivity contribution in [3.8, 4) is 5.75 Å². The van der Waals surface area contributed by atoms with E-state index in [1.165, 1.54) is 0 Å². The van der Waals surface area contributed by atoms with Gasteiger partial charge in [0.2, 0.25) is 11.8 Å². The van der Waals surface area contributed by atoms with Gasteiger partial charge in [0.15, 0.2) is 0 Å². The average Bonchev–Trinajstić information content (AvgIpc) is 3.35. The molecule has 39 heavy (non-hydrogen) atoms. The van der Waals surface area contributed by atoms with Gasteiger partial charge in [-0.05, 0) is 61.6 Å². The van der Waals surface area contributed by atoms with Gasteiger partial charge in [0, 0.05) is 49.4 Å². The Balaban J connectivity index is 1.39. The van der Waals surface area contributed by atoms with Gasteiger partial charge in [-0.1, -0.05) is 24.4 Å². The first-order chi connectivity index (χ1) is 18.7. The van der Waals surface area contributed by atoms with E-state index in [1.54, 1.807) is 11.2 Å². The Morgan fingerprint density at radius 3 is 2.51 bits per heavy atom. The fraction of sp³-hybridized carbons (Fsp3) is 0.679. The molecule has 1 spiro atoms. The molecule has 1 aromatic carbocycles. The molecule has 2 saturated carbocycles. The van der Waals surface area contributed by atoms with Crippen molar-refractivity contribution in [2.75, 3.05) is 32.4 Å². The zero-order valence-corrected chi connectivity index (χ0v) is 23.8. The van der Waals surface area contributed by atoms with Crippen molar-refractivity contribution in [2.24, 2.45) is 17.3 Å². The van der Waals surface area contributed by atoms with E-state index >= 15 is 0 Å². The minimum absolute atomic E-state index is 0.0147. The second-order valence-electron chi connectivity index (χ2n) is 12.0. The normalized spacial score (nSPS) is 30.9. The number of likely N-dealkylation sites (tertiary alicyclic amines) is 1. The number of halogens is 1. The number of carboxylic acid groups (broad SMARTS) is 1. The van der Waals surface area contributed by atoms with Crippen molar-refractivity contribution >= 4 is 40.4 Å². The minimum atomic E-state index is -1.08. The maximum absolute atomic E-state index is 14.2. The van der Waals surface area contributed by atoms with Crippen molar-refractivity contribution in [3.63, 3.8) is 0 Å². The summed E-state index contributed by atoms with van der Waals surface area (Å²) in [4.78, 5) is 43.4. The number of carbonyl (C=O) groups excluding carboxylic acids is 2. The average molecular weight is 578 g/mol. The molecule has 5 aliphatic rings. The van der Waals surface area contributed by atoms with Crippen molar-refractivity contribution in [3.05, 3.63) is 28.3 Å². The number of nitrogens with zero attached hydrogens (tertiary/aromatic N) is 3. The lowest BCUT2D eigenvalue weighted by atomic mass is 9.78. The Bertz CT molecular complexity index is 1220. The maximum Gasteiger partial charge on any atom is 0.307 e. The number of rotatable bonds is 6. The largest absolute Gasteiger partial charge is 0.489 e. The predicted octanol–water partition coefficient (Wildman–Crippen LogP) is 3.37. The number of benzene rings is 1. The maximum atomic E-state index is 14.2. The molecule has 2 saturated heterocycles. The van der Waals surface area contributed by atoms with Crippen LogP contribution in [0.3, 0.4) is 0 Å². The van der Waals surface area contributed by atoms with Crippen LogP contribution in [0.25, 0.3) is 0 Å². The van der Waals surface area contributed by atoms with Crippen LogP contribution in [0.15, 0.2) is 12.1 Å². The molecular formula is C28H36ClN3O6S. The highest BCUT2D eigenvalue weighted by atomic mass is 35.5. The van der Waals surface area contributed by atoms with E-state index in [9.17, 15) is 23.7 Å². The zero-order chi connectivity index (χ0) is 27.5. The molecule has 0 aromatic heterocycles. The van der Waals surface area contributed by atoms with Gasteiger partial charge in [-0.15, -0.1) is 0 Å². The smallest absolute Gasteiger partial charge is 0.307 e. The van der Waals surface area contributed by atoms with Crippen LogP contribution in [0.5, 0.6) is 5.75 Å². The minimum Gasteiger partial charge on any atom is -0.489 e. The van der Waals surface area contributed by atoms with Gasteiger partial charge in [-0.25, -0.2) is 8.51 Å². The van der Waals surface area contributed by atoms with E-state index in [4.69, 9.17) is 16.3 Å². The van der Waals surface area contributed by atoms with Crippen molar-refractivity contribution in [1.82, 2.24) is 14.1 Å². The molecule has 4 unspecified atom stereocenters.